The van der Waals surface area contributed by atoms with Gasteiger partial charge >= 0.3 is 0 Å². The topological polar surface area (TPSA) is 62.3 Å². The number of nitrogens with one attached hydrogen (secondary N) is 1. The summed E-state index contributed by atoms with van der Waals surface area (Å²) >= 11 is 0. The molecule has 0 aliphatic rings. The van der Waals surface area contributed by atoms with Gasteiger partial charge in [-0.25, -0.2) is 0 Å². The van der Waals surface area contributed by atoms with Gasteiger partial charge in [-0.1, -0.05) is 66.7 Å². The molecule has 0 spiro atoms. The Balaban J connectivity index is 1.71. The normalized spacial score (nSPS) is 11.5. The standard InChI is InChI=1S/C24H25N3O2/c1-19(24(29)26-17-22-14-8-9-15-25-22)27(18-21-12-6-3-7-13-21)23(28)16-20-10-4-2-5-11-20/h2-15,19H,16-18H2,1H3,(H,26,29)/t19-/m1/s1. The predicted molar refractivity (Wildman–Crippen MR) is 113 cm³/mol. The van der Waals surface area contributed by atoms with Gasteiger partial charge in [-0.2, -0.15) is 0 Å². The molecule has 3 aromatic rings. The van der Waals surface area contributed by atoms with Crippen LogP contribution in [0.5, 0.6) is 0 Å². The van der Waals surface area contributed by atoms with Crippen molar-refractivity contribution in [1.82, 2.24) is 15.2 Å². The van der Waals surface area contributed by atoms with Crippen molar-refractivity contribution in [2.45, 2.75) is 32.5 Å². The van der Waals surface area contributed by atoms with E-state index in [0.29, 0.717) is 13.1 Å². The minimum absolute atomic E-state index is 0.0828. The van der Waals surface area contributed by atoms with Crippen LogP contribution in [0.25, 0.3) is 0 Å². The molecule has 3 rings (SSSR count). The molecule has 5 nitrogen and oxygen atoms in total. The number of carbonyl (C=O) groups is 2. The van der Waals surface area contributed by atoms with E-state index < -0.39 is 6.04 Å². The lowest BCUT2D eigenvalue weighted by Gasteiger charge is -2.29. The molecule has 0 fully saturated rings. The van der Waals surface area contributed by atoms with Crippen molar-refractivity contribution in [3.63, 3.8) is 0 Å². The Labute approximate surface area is 171 Å². The fraction of sp³-hybridized carbons (Fsp3) is 0.208. The van der Waals surface area contributed by atoms with E-state index in [1.165, 1.54) is 0 Å². The fourth-order valence-electron chi connectivity index (χ4n) is 3.06. The molecule has 0 unspecified atom stereocenters. The molecule has 0 radical (unpaired) electrons. The first-order chi connectivity index (χ1) is 14.1. The third kappa shape index (κ3) is 6.01. The molecule has 0 aliphatic heterocycles. The summed E-state index contributed by atoms with van der Waals surface area (Å²) in [7, 11) is 0. The van der Waals surface area contributed by atoms with Crippen LogP contribution in [0.3, 0.4) is 0 Å². The monoisotopic (exact) mass is 387 g/mol. The number of benzene rings is 2. The molecule has 2 amide bonds. The van der Waals surface area contributed by atoms with E-state index in [2.05, 4.69) is 10.3 Å². The Morgan fingerprint density at radius 1 is 0.897 bits per heavy atom. The van der Waals surface area contributed by atoms with Crippen LogP contribution >= 0.6 is 0 Å². The molecule has 0 aliphatic carbocycles. The summed E-state index contributed by atoms with van der Waals surface area (Å²) in [6, 6.07) is 24.3. The third-order valence-electron chi connectivity index (χ3n) is 4.73. The minimum atomic E-state index is -0.602. The average Bonchev–Trinajstić information content (AvgIpc) is 2.77. The Morgan fingerprint density at radius 2 is 1.52 bits per heavy atom. The number of rotatable bonds is 8. The molecule has 1 N–H and O–H groups in total. The van der Waals surface area contributed by atoms with Gasteiger partial charge in [-0.3, -0.25) is 14.6 Å². The van der Waals surface area contributed by atoms with Crippen LogP contribution < -0.4 is 5.32 Å². The van der Waals surface area contributed by atoms with Gasteiger partial charge in [0.05, 0.1) is 18.7 Å². The number of aromatic nitrogens is 1. The van der Waals surface area contributed by atoms with Crippen molar-refractivity contribution in [3.8, 4) is 0 Å². The first kappa shape index (κ1) is 20.3. The Hall–Kier alpha value is -3.47. The highest BCUT2D eigenvalue weighted by Crippen LogP contribution is 2.12. The van der Waals surface area contributed by atoms with Gasteiger partial charge in [0, 0.05) is 12.7 Å². The smallest absolute Gasteiger partial charge is 0.242 e. The number of amides is 2. The van der Waals surface area contributed by atoms with Crippen molar-refractivity contribution in [1.29, 1.82) is 0 Å². The molecular formula is C24H25N3O2. The van der Waals surface area contributed by atoms with Crippen LogP contribution in [0.4, 0.5) is 0 Å². The molecule has 148 valence electrons. The maximum Gasteiger partial charge on any atom is 0.242 e. The van der Waals surface area contributed by atoms with Gasteiger partial charge in [-0.15, -0.1) is 0 Å². The highest BCUT2D eigenvalue weighted by molar-refractivity contribution is 5.88. The molecular weight excluding hydrogens is 362 g/mol. The van der Waals surface area contributed by atoms with Crippen LogP contribution in [0.1, 0.15) is 23.7 Å². The zero-order valence-corrected chi connectivity index (χ0v) is 16.5. The average molecular weight is 387 g/mol. The largest absolute Gasteiger partial charge is 0.349 e. The molecule has 1 heterocycles. The van der Waals surface area contributed by atoms with Crippen molar-refractivity contribution >= 4 is 11.8 Å². The lowest BCUT2D eigenvalue weighted by Crippen LogP contribution is -2.48. The zero-order valence-electron chi connectivity index (χ0n) is 16.5. The van der Waals surface area contributed by atoms with Crippen LogP contribution in [0.15, 0.2) is 85.1 Å². The second-order valence-electron chi connectivity index (χ2n) is 6.88. The van der Waals surface area contributed by atoms with E-state index in [1.54, 1.807) is 18.0 Å². The Kier molecular flexibility index (Phi) is 7.11. The van der Waals surface area contributed by atoms with Gasteiger partial charge in [-0.05, 0) is 30.2 Å². The van der Waals surface area contributed by atoms with Crippen LogP contribution in [0, 0.1) is 0 Å². The van der Waals surface area contributed by atoms with E-state index in [1.807, 2.05) is 78.9 Å². The first-order valence-electron chi connectivity index (χ1n) is 9.68. The lowest BCUT2D eigenvalue weighted by molar-refractivity contribution is -0.140. The first-order valence-corrected chi connectivity index (χ1v) is 9.68. The number of nitrogens with zero attached hydrogens (tertiary/aromatic N) is 2. The van der Waals surface area contributed by atoms with Crippen molar-refractivity contribution < 1.29 is 9.59 Å². The van der Waals surface area contributed by atoms with Crippen LogP contribution in [-0.2, 0) is 29.1 Å². The number of hydrogen-bond acceptors (Lipinski definition) is 3. The van der Waals surface area contributed by atoms with E-state index >= 15 is 0 Å². The van der Waals surface area contributed by atoms with Gasteiger partial charge in [0.2, 0.25) is 11.8 Å². The van der Waals surface area contributed by atoms with Crippen LogP contribution in [-0.4, -0.2) is 27.7 Å². The lowest BCUT2D eigenvalue weighted by atomic mass is 10.1. The molecule has 0 saturated carbocycles. The van der Waals surface area contributed by atoms with Crippen molar-refractivity contribution in [2.24, 2.45) is 0 Å². The Bertz CT molecular complexity index is 915. The second-order valence-corrected chi connectivity index (χ2v) is 6.88. The SMILES string of the molecule is C[C@H](C(=O)NCc1ccccn1)N(Cc1ccccc1)C(=O)Cc1ccccc1. The van der Waals surface area contributed by atoms with E-state index in [9.17, 15) is 9.59 Å². The summed E-state index contributed by atoms with van der Waals surface area (Å²) < 4.78 is 0. The molecule has 0 bridgehead atoms. The van der Waals surface area contributed by atoms with Gasteiger partial charge in [0.15, 0.2) is 0 Å². The van der Waals surface area contributed by atoms with Crippen molar-refractivity contribution in [3.05, 3.63) is 102 Å². The van der Waals surface area contributed by atoms with Crippen LogP contribution in [0.2, 0.25) is 0 Å². The molecule has 5 heteroatoms. The molecule has 29 heavy (non-hydrogen) atoms. The number of carbonyl (C=O) groups excluding carboxylic acids is 2. The third-order valence-corrected chi connectivity index (χ3v) is 4.73. The van der Waals surface area contributed by atoms with Gasteiger partial charge < -0.3 is 10.2 Å². The van der Waals surface area contributed by atoms with Gasteiger partial charge in [0.1, 0.15) is 6.04 Å². The summed E-state index contributed by atoms with van der Waals surface area (Å²) in [5.74, 6) is -0.284. The summed E-state index contributed by atoms with van der Waals surface area (Å²) in [6.45, 7) is 2.47. The highest BCUT2D eigenvalue weighted by atomic mass is 16.2. The van der Waals surface area contributed by atoms with Gasteiger partial charge in [0.25, 0.3) is 0 Å². The number of hydrogen-bond donors (Lipinski definition) is 1. The molecule has 1 atom stereocenters. The minimum Gasteiger partial charge on any atom is -0.349 e. The van der Waals surface area contributed by atoms with E-state index in [-0.39, 0.29) is 18.2 Å². The molecule has 1 aromatic heterocycles. The summed E-state index contributed by atoms with van der Waals surface area (Å²) in [5.41, 5.74) is 2.69. The second kappa shape index (κ2) is 10.2. The van der Waals surface area contributed by atoms with Crippen molar-refractivity contribution in [2.75, 3.05) is 0 Å². The predicted octanol–water partition coefficient (Wildman–Crippen LogP) is 3.36. The zero-order chi connectivity index (χ0) is 20.5. The summed E-state index contributed by atoms with van der Waals surface area (Å²) in [5, 5.41) is 2.89. The maximum atomic E-state index is 13.1. The van der Waals surface area contributed by atoms with E-state index in [0.717, 1.165) is 16.8 Å². The summed E-state index contributed by atoms with van der Waals surface area (Å²) in [6.07, 6.45) is 1.95. The van der Waals surface area contributed by atoms with E-state index in [4.69, 9.17) is 0 Å². The number of pyridine rings is 1. The summed E-state index contributed by atoms with van der Waals surface area (Å²) in [4.78, 5) is 31.7. The molecule has 0 saturated heterocycles. The fourth-order valence-corrected chi connectivity index (χ4v) is 3.06. The quantitative estimate of drug-likeness (QED) is 0.645. The maximum absolute atomic E-state index is 13.1. The molecule has 2 aromatic carbocycles. The highest BCUT2D eigenvalue weighted by Gasteiger charge is 2.26. The Morgan fingerprint density at radius 3 is 2.14 bits per heavy atom.